The van der Waals surface area contributed by atoms with E-state index in [1.54, 1.807) is 17.9 Å². The van der Waals surface area contributed by atoms with Gasteiger partial charge in [-0.1, -0.05) is 42.5 Å². The van der Waals surface area contributed by atoms with E-state index in [9.17, 15) is 5.11 Å². The summed E-state index contributed by atoms with van der Waals surface area (Å²) in [6.07, 6.45) is 3.21. The molecule has 0 radical (unpaired) electrons. The van der Waals surface area contributed by atoms with Crippen LogP contribution in [0, 0.1) is 0 Å². The zero-order valence-corrected chi connectivity index (χ0v) is 21.7. The SMILES string of the molecule is C=CCOC[C@H](O)CN(Cc1c(-c2ccccc2)nn(C)c1Oc1cccc(OC)c1)C[C@@H]1CCCO1. The highest BCUT2D eigenvalue weighted by Gasteiger charge is 2.26. The van der Waals surface area contributed by atoms with Crippen LogP contribution >= 0.6 is 0 Å². The molecule has 8 heteroatoms. The van der Waals surface area contributed by atoms with E-state index >= 15 is 0 Å². The van der Waals surface area contributed by atoms with Gasteiger partial charge in [-0.2, -0.15) is 5.10 Å². The quantitative estimate of drug-likeness (QED) is 0.255. The summed E-state index contributed by atoms with van der Waals surface area (Å²) >= 11 is 0. The van der Waals surface area contributed by atoms with Gasteiger partial charge in [-0.05, 0) is 25.0 Å². The van der Waals surface area contributed by atoms with Crippen molar-refractivity contribution in [1.29, 1.82) is 0 Å². The lowest BCUT2D eigenvalue weighted by Crippen LogP contribution is -2.39. The van der Waals surface area contributed by atoms with Crippen molar-refractivity contribution in [3.05, 3.63) is 72.8 Å². The molecule has 1 N–H and O–H groups in total. The van der Waals surface area contributed by atoms with Crippen molar-refractivity contribution < 1.29 is 24.1 Å². The van der Waals surface area contributed by atoms with E-state index in [0.717, 1.165) is 36.3 Å². The van der Waals surface area contributed by atoms with Gasteiger partial charge in [0.25, 0.3) is 0 Å². The molecule has 3 aromatic rings. The molecule has 0 bridgehead atoms. The van der Waals surface area contributed by atoms with Crippen LogP contribution in [0.5, 0.6) is 17.4 Å². The smallest absolute Gasteiger partial charge is 0.222 e. The lowest BCUT2D eigenvalue weighted by atomic mass is 10.1. The number of benzene rings is 2. The first-order valence-electron chi connectivity index (χ1n) is 12.7. The Morgan fingerprint density at radius 1 is 1.22 bits per heavy atom. The van der Waals surface area contributed by atoms with Crippen molar-refractivity contribution in [1.82, 2.24) is 14.7 Å². The van der Waals surface area contributed by atoms with E-state index in [4.69, 9.17) is 24.0 Å². The van der Waals surface area contributed by atoms with E-state index in [2.05, 4.69) is 11.5 Å². The molecule has 1 aliphatic rings. The predicted octanol–water partition coefficient (Wildman–Crippen LogP) is 4.43. The molecule has 0 unspecified atom stereocenters. The first-order chi connectivity index (χ1) is 18.1. The normalized spacial score (nSPS) is 16.2. The molecule has 1 aromatic heterocycles. The summed E-state index contributed by atoms with van der Waals surface area (Å²) in [7, 11) is 3.52. The molecule has 1 aliphatic heterocycles. The van der Waals surface area contributed by atoms with Crippen LogP contribution in [0.3, 0.4) is 0 Å². The van der Waals surface area contributed by atoms with Gasteiger partial charge in [0.2, 0.25) is 5.88 Å². The fourth-order valence-corrected chi connectivity index (χ4v) is 4.57. The van der Waals surface area contributed by atoms with E-state index in [-0.39, 0.29) is 12.7 Å². The van der Waals surface area contributed by atoms with Crippen LogP contribution in [0.2, 0.25) is 0 Å². The van der Waals surface area contributed by atoms with Gasteiger partial charge in [0, 0.05) is 44.9 Å². The molecule has 1 fully saturated rings. The zero-order valence-electron chi connectivity index (χ0n) is 21.7. The first-order valence-corrected chi connectivity index (χ1v) is 12.7. The van der Waals surface area contributed by atoms with Crippen LogP contribution in [-0.2, 0) is 23.1 Å². The highest BCUT2D eigenvalue weighted by molar-refractivity contribution is 5.65. The molecule has 2 aromatic carbocycles. The molecule has 1 saturated heterocycles. The third kappa shape index (κ3) is 7.42. The third-order valence-electron chi connectivity index (χ3n) is 6.27. The maximum absolute atomic E-state index is 10.7. The van der Waals surface area contributed by atoms with Crippen molar-refractivity contribution in [2.24, 2.45) is 7.05 Å². The molecule has 0 spiro atoms. The number of aryl methyl sites for hydroxylation is 1. The van der Waals surface area contributed by atoms with Gasteiger partial charge >= 0.3 is 0 Å². The van der Waals surface area contributed by atoms with Crippen LogP contribution in [-0.4, -0.2) is 72.0 Å². The summed E-state index contributed by atoms with van der Waals surface area (Å²) in [5.41, 5.74) is 2.78. The Bertz CT molecular complexity index is 1130. The van der Waals surface area contributed by atoms with Gasteiger partial charge in [-0.15, -0.1) is 6.58 Å². The Labute approximate surface area is 219 Å². The summed E-state index contributed by atoms with van der Waals surface area (Å²) in [6.45, 7) is 6.74. The second-order valence-corrected chi connectivity index (χ2v) is 9.21. The van der Waals surface area contributed by atoms with Gasteiger partial charge in [0.05, 0.1) is 38.1 Å². The fraction of sp³-hybridized carbons (Fsp3) is 0.414. The molecule has 198 valence electrons. The third-order valence-corrected chi connectivity index (χ3v) is 6.27. The summed E-state index contributed by atoms with van der Waals surface area (Å²) in [6, 6.07) is 17.6. The Morgan fingerprint density at radius 3 is 2.76 bits per heavy atom. The summed E-state index contributed by atoms with van der Waals surface area (Å²) < 4.78 is 25.0. The zero-order chi connectivity index (χ0) is 26.0. The minimum Gasteiger partial charge on any atom is -0.497 e. The molecule has 8 nitrogen and oxygen atoms in total. The lowest BCUT2D eigenvalue weighted by molar-refractivity contribution is 0.00844. The van der Waals surface area contributed by atoms with Crippen LogP contribution in [0.4, 0.5) is 0 Å². The number of ether oxygens (including phenoxy) is 4. The number of hydrogen-bond acceptors (Lipinski definition) is 7. The fourth-order valence-electron chi connectivity index (χ4n) is 4.57. The topological polar surface area (TPSA) is 78.2 Å². The van der Waals surface area contributed by atoms with E-state index < -0.39 is 6.10 Å². The highest BCUT2D eigenvalue weighted by Crippen LogP contribution is 2.35. The number of methoxy groups -OCH3 is 1. The van der Waals surface area contributed by atoms with Gasteiger partial charge in [0.1, 0.15) is 17.2 Å². The molecule has 0 aliphatic carbocycles. The average molecular weight is 508 g/mol. The van der Waals surface area contributed by atoms with Gasteiger partial charge in [-0.25, -0.2) is 4.68 Å². The number of aromatic nitrogens is 2. The van der Waals surface area contributed by atoms with E-state index in [0.29, 0.717) is 43.6 Å². The summed E-state index contributed by atoms with van der Waals surface area (Å²) in [5.74, 6) is 2.01. The molecule has 4 rings (SSSR count). The van der Waals surface area contributed by atoms with Crippen molar-refractivity contribution >= 4 is 0 Å². The highest BCUT2D eigenvalue weighted by atomic mass is 16.5. The van der Waals surface area contributed by atoms with Crippen molar-refractivity contribution in [2.75, 3.05) is 40.0 Å². The Morgan fingerprint density at radius 2 is 2.03 bits per heavy atom. The second kappa shape index (κ2) is 13.4. The maximum Gasteiger partial charge on any atom is 0.222 e. The molecule has 2 heterocycles. The van der Waals surface area contributed by atoms with Crippen LogP contribution < -0.4 is 9.47 Å². The van der Waals surface area contributed by atoms with Gasteiger partial charge in [0.15, 0.2) is 0 Å². The van der Waals surface area contributed by atoms with Crippen LogP contribution in [0.1, 0.15) is 18.4 Å². The molecule has 37 heavy (non-hydrogen) atoms. The number of aliphatic hydroxyl groups is 1. The van der Waals surface area contributed by atoms with E-state index in [1.165, 1.54) is 0 Å². The van der Waals surface area contributed by atoms with Crippen molar-refractivity contribution in [3.63, 3.8) is 0 Å². The Hall–Kier alpha value is -3.17. The largest absolute Gasteiger partial charge is 0.497 e. The van der Waals surface area contributed by atoms with Crippen molar-refractivity contribution in [3.8, 4) is 28.6 Å². The van der Waals surface area contributed by atoms with Crippen molar-refractivity contribution in [2.45, 2.75) is 31.6 Å². The minimum atomic E-state index is -0.652. The Kier molecular flexibility index (Phi) is 9.73. The first kappa shape index (κ1) is 26.9. The number of aliphatic hydroxyl groups excluding tert-OH is 1. The second-order valence-electron chi connectivity index (χ2n) is 9.21. The summed E-state index contributed by atoms with van der Waals surface area (Å²) in [5, 5.41) is 15.6. The number of nitrogens with zero attached hydrogens (tertiary/aromatic N) is 3. The molecular weight excluding hydrogens is 470 g/mol. The summed E-state index contributed by atoms with van der Waals surface area (Å²) in [4.78, 5) is 2.21. The molecule has 0 saturated carbocycles. The standard InChI is InChI=1S/C29H37N3O5/c1-4-15-35-21-23(33)18-32(19-26-14-9-16-36-26)20-27-28(22-10-6-5-7-11-22)30-31(2)29(27)37-25-13-8-12-24(17-25)34-3/h4-8,10-13,17,23,26,33H,1,9,14-16,18-21H2,2-3H3/t23-,26+/m1/s1. The lowest BCUT2D eigenvalue weighted by Gasteiger charge is -2.27. The van der Waals surface area contributed by atoms with Gasteiger partial charge < -0.3 is 24.1 Å². The maximum atomic E-state index is 10.7. The minimum absolute atomic E-state index is 0.126. The predicted molar refractivity (Wildman–Crippen MR) is 143 cm³/mol. The molecule has 2 atom stereocenters. The van der Waals surface area contributed by atoms with Crippen LogP contribution in [0.25, 0.3) is 11.3 Å². The Balaban J connectivity index is 1.66. The molecule has 0 amide bonds. The number of rotatable bonds is 14. The average Bonchev–Trinajstić information content (AvgIpc) is 3.53. The molecular formula is C29H37N3O5. The van der Waals surface area contributed by atoms with Gasteiger partial charge in [-0.3, -0.25) is 4.90 Å². The van der Waals surface area contributed by atoms with E-state index in [1.807, 2.05) is 61.6 Å². The van der Waals surface area contributed by atoms with Crippen LogP contribution in [0.15, 0.2) is 67.3 Å². The number of hydrogen-bond donors (Lipinski definition) is 1. The monoisotopic (exact) mass is 507 g/mol.